The van der Waals surface area contributed by atoms with E-state index in [1.54, 1.807) is 9.80 Å². The van der Waals surface area contributed by atoms with Crippen molar-refractivity contribution >= 4 is 11.8 Å². The fourth-order valence-corrected chi connectivity index (χ4v) is 2.80. The van der Waals surface area contributed by atoms with Gasteiger partial charge in [0.2, 0.25) is 11.8 Å². The van der Waals surface area contributed by atoms with E-state index in [1.807, 2.05) is 0 Å². The van der Waals surface area contributed by atoms with Crippen molar-refractivity contribution < 1.29 is 14.7 Å². The Morgan fingerprint density at radius 1 is 1.41 bits per heavy atom. The molecule has 3 fully saturated rings. The number of carbonyl (C=O) groups is 2. The van der Waals surface area contributed by atoms with Crippen LogP contribution in [-0.2, 0) is 9.59 Å². The Hall–Kier alpha value is -1.10. The molecule has 0 spiro atoms. The largest absolute Gasteiger partial charge is 0.386 e. The molecule has 17 heavy (non-hydrogen) atoms. The van der Waals surface area contributed by atoms with Crippen molar-refractivity contribution in [2.75, 3.05) is 26.2 Å². The summed E-state index contributed by atoms with van der Waals surface area (Å²) in [4.78, 5) is 26.6. The van der Waals surface area contributed by atoms with Gasteiger partial charge in [0.05, 0.1) is 19.6 Å². The monoisotopic (exact) mass is 238 g/mol. The molecule has 3 aliphatic rings. The number of carbonyl (C=O) groups excluding carboxylic acids is 2. The van der Waals surface area contributed by atoms with E-state index in [1.165, 1.54) is 0 Å². The highest BCUT2D eigenvalue weighted by molar-refractivity contribution is 5.86. The lowest BCUT2D eigenvalue weighted by atomic mass is 9.88. The zero-order chi connectivity index (χ0) is 12.0. The first-order valence-corrected chi connectivity index (χ1v) is 6.36. The number of likely N-dealkylation sites (tertiary alicyclic amines) is 2. The zero-order valence-electron chi connectivity index (χ0n) is 9.89. The van der Waals surface area contributed by atoms with E-state index in [-0.39, 0.29) is 18.4 Å². The van der Waals surface area contributed by atoms with Crippen LogP contribution in [0.2, 0.25) is 0 Å². The summed E-state index contributed by atoms with van der Waals surface area (Å²) in [5.74, 6) is 0.460. The third-order valence-corrected chi connectivity index (χ3v) is 4.12. The fourth-order valence-electron chi connectivity index (χ4n) is 2.80. The first-order chi connectivity index (χ1) is 8.08. The molecule has 0 aromatic rings. The minimum absolute atomic E-state index is 0.0226. The molecule has 0 aromatic heterocycles. The Labute approximate surface area is 100 Å². The van der Waals surface area contributed by atoms with Crippen molar-refractivity contribution in [1.29, 1.82) is 0 Å². The van der Waals surface area contributed by atoms with Gasteiger partial charge >= 0.3 is 0 Å². The van der Waals surface area contributed by atoms with Gasteiger partial charge in [-0.2, -0.15) is 0 Å². The van der Waals surface area contributed by atoms with Crippen molar-refractivity contribution in [1.82, 2.24) is 9.80 Å². The summed E-state index contributed by atoms with van der Waals surface area (Å²) in [6, 6.07) is 0. The van der Waals surface area contributed by atoms with E-state index in [4.69, 9.17) is 0 Å². The molecule has 0 radical (unpaired) electrons. The molecule has 2 saturated heterocycles. The molecule has 0 unspecified atom stereocenters. The van der Waals surface area contributed by atoms with Crippen LogP contribution in [0.4, 0.5) is 0 Å². The van der Waals surface area contributed by atoms with E-state index in [2.05, 4.69) is 0 Å². The van der Waals surface area contributed by atoms with Gasteiger partial charge < -0.3 is 14.9 Å². The lowest BCUT2D eigenvalue weighted by Gasteiger charge is -2.47. The maximum atomic E-state index is 11.9. The maximum absolute atomic E-state index is 11.9. The Morgan fingerprint density at radius 2 is 2.12 bits per heavy atom. The second-order valence-electron chi connectivity index (χ2n) is 5.55. The third kappa shape index (κ3) is 1.92. The van der Waals surface area contributed by atoms with Crippen LogP contribution in [0.5, 0.6) is 0 Å². The van der Waals surface area contributed by atoms with Crippen LogP contribution < -0.4 is 0 Å². The molecule has 0 atom stereocenters. The summed E-state index contributed by atoms with van der Waals surface area (Å²) >= 11 is 0. The Kier molecular flexibility index (Phi) is 2.40. The standard InChI is InChI=1S/C12H18N2O3/c15-10-2-1-5-13(10)6-11(16)14-7-12(17,8-14)9-3-4-9/h9,17H,1-8H2. The summed E-state index contributed by atoms with van der Waals surface area (Å²) in [5, 5.41) is 10.1. The number of aliphatic hydroxyl groups is 1. The van der Waals surface area contributed by atoms with Crippen LogP contribution in [0.25, 0.3) is 0 Å². The van der Waals surface area contributed by atoms with Gasteiger partial charge in [-0.1, -0.05) is 0 Å². The predicted octanol–water partition coefficient (Wildman–Crippen LogP) is -0.408. The van der Waals surface area contributed by atoms with E-state index < -0.39 is 5.60 Å². The molecule has 1 aliphatic carbocycles. The van der Waals surface area contributed by atoms with Gasteiger partial charge in [0.25, 0.3) is 0 Å². The lowest BCUT2D eigenvalue weighted by molar-refractivity contribution is -0.161. The van der Waals surface area contributed by atoms with Gasteiger partial charge in [-0.3, -0.25) is 9.59 Å². The number of hydrogen-bond donors (Lipinski definition) is 1. The topological polar surface area (TPSA) is 60.9 Å². The van der Waals surface area contributed by atoms with Crippen molar-refractivity contribution in [2.45, 2.75) is 31.3 Å². The first-order valence-electron chi connectivity index (χ1n) is 6.36. The minimum Gasteiger partial charge on any atom is -0.386 e. The molecular weight excluding hydrogens is 220 g/mol. The molecule has 0 aromatic carbocycles. The van der Waals surface area contributed by atoms with E-state index in [9.17, 15) is 14.7 Å². The molecule has 5 heteroatoms. The van der Waals surface area contributed by atoms with E-state index in [0.29, 0.717) is 32.0 Å². The van der Waals surface area contributed by atoms with Crippen LogP contribution in [0.3, 0.4) is 0 Å². The van der Waals surface area contributed by atoms with Crippen molar-refractivity contribution in [3.8, 4) is 0 Å². The summed E-state index contributed by atoms with van der Waals surface area (Å²) < 4.78 is 0. The van der Waals surface area contributed by atoms with Crippen LogP contribution in [0.1, 0.15) is 25.7 Å². The zero-order valence-corrected chi connectivity index (χ0v) is 9.89. The second kappa shape index (κ2) is 3.70. The van der Waals surface area contributed by atoms with Gasteiger partial charge in [0.15, 0.2) is 0 Å². The number of rotatable bonds is 3. The fraction of sp³-hybridized carbons (Fsp3) is 0.833. The van der Waals surface area contributed by atoms with Crippen LogP contribution >= 0.6 is 0 Å². The Balaban J connectivity index is 1.49. The summed E-state index contributed by atoms with van der Waals surface area (Å²) in [6.45, 7) is 1.81. The van der Waals surface area contributed by atoms with Crippen molar-refractivity contribution in [3.05, 3.63) is 0 Å². The smallest absolute Gasteiger partial charge is 0.242 e. The third-order valence-electron chi connectivity index (χ3n) is 4.12. The molecule has 94 valence electrons. The van der Waals surface area contributed by atoms with Crippen LogP contribution in [0, 0.1) is 5.92 Å². The number of nitrogens with zero attached hydrogens (tertiary/aromatic N) is 2. The van der Waals surface area contributed by atoms with Crippen LogP contribution in [-0.4, -0.2) is 58.5 Å². The number of amides is 2. The number of β-amino-alcohol motifs (C(OH)–C–C–N with tert-alkyl or cyclic N) is 1. The Morgan fingerprint density at radius 3 is 2.65 bits per heavy atom. The van der Waals surface area contributed by atoms with Gasteiger partial charge in [0, 0.05) is 13.0 Å². The SMILES string of the molecule is O=C1CCCN1CC(=O)N1CC(O)(C2CC2)C1. The second-order valence-corrected chi connectivity index (χ2v) is 5.55. The average Bonchev–Trinajstić information content (AvgIpc) is 3.01. The lowest BCUT2D eigenvalue weighted by Crippen LogP contribution is -2.65. The van der Waals surface area contributed by atoms with Crippen molar-refractivity contribution in [2.24, 2.45) is 5.92 Å². The van der Waals surface area contributed by atoms with Gasteiger partial charge in [-0.05, 0) is 25.2 Å². The number of hydrogen-bond acceptors (Lipinski definition) is 3. The molecule has 2 heterocycles. The summed E-state index contributed by atoms with van der Waals surface area (Å²) in [7, 11) is 0. The highest BCUT2D eigenvalue weighted by atomic mass is 16.3. The molecule has 2 amide bonds. The predicted molar refractivity (Wildman–Crippen MR) is 60.1 cm³/mol. The molecular formula is C12H18N2O3. The summed E-state index contributed by atoms with van der Waals surface area (Å²) in [6.07, 6.45) is 3.60. The molecule has 2 aliphatic heterocycles. The van der Waals surface area contributed by atoms with Gasteiger partial charge in [-0.15, -0.1) is 0 Å². The molecule has 3 rings (SSSR count). The summed E-state index contributed by atoms with van der Waals surface area (Å²) in [5.41, 5.74) is -0.620. The van der Waals surface area contributed by atoms with Gasteiger partial charge in [0.1, 0.15) is 5.60 Å². The first kappa shape index (κ1) is 11.0. The van der Waals surface area contributed by atoms with E-state index in [0.717, 1.165) is 19.3 Å². The molecule has 5 nitrogen and oxygen atoms in total. The normalized spacial score (nSPS) is 27.2. The molecule has 1 saturated carbocycles. The molecule has 0 bridgehead atoms. The van der Waals surface area contributed by atoms with Crippen LogP contribution in [0.15, 0.2) is 0 Å². The minimum atomic E-state index is -0.620. The van der Waals surface area contributed by atoms with Crippen molar-refractivity contribution in [3.63, 3.8) is 0 Å². The highest BCUT2D eigenvalue weighted by Gasteiger charge is 2.53. The maximum Gasteiger partial charge on any atom is 0.242 e. The quantitative estimate of drug-likeness (QED) is 0.727. The van der Waals surface area contributed by atoms with E-state index >= 15 is 0 Å². The molecule has 1 N–H and O–H groups in total. The highest BCUT2D eigenvalue weighted by Crippen LogP contribution is 2.44. The Bertz CT molecular complexity index is 359. The van der Waals surface area contributed by atoms with Gasteiger partial charge in [-0.25, -0.2) is 0 Å². The average molecular weight is 238 g/mol.